The largest absolute Gasteiger partial charge is 0.459 e. The van der Waals surface area contributed by atoms with Gasteiger partial charge in [-0.2, -0.15) is 0 Å². The van der Waals surface area contributed by atoms with Gasteiger partial charge in [-0.15, -0.1) is 0 Å². The number of imide groups is 1. The second-order valence-electron chi connectivity index (χ2n) is 6.04. The van der Waals surface area contributed by atoms with Crippen molar-refractivity contribution in [2.45, 2.75) is 6.92 Å². The summed E-state index contributed by atoms with van der Waals surface area (Å²) in [4.78, 5) is 37.9. The van der Waals surface area contributed by atoms with Crippen LogP contribution in [0.2, 0.25) is 0 Å². The molecule has 7 heteroatoms. The average Bonchev–Trinajstić information content (AvgIpc) is 3.18. The maximum absolute atomic E-state index is 14.6. The van der Waals surface area contributed by atoms with Gasteiger partial charge in [0.2, 0.25) is 0 Å². The highest BCUT2D eigenvalue weighted by atomic mass is 19.1. The first-order valence-corrected chi connectivity index (χ1v) is 8.10. The SMILES string of the molecule is Cc1ccoc1C(=O)Nc1ccc(N2C(=O)c3ccccc3C2=O)c(F)c1. The van der Waals surface area contributed by atoms with Gasteiger partial charge in [0.05, 0.1) is 23.1 Å². The van der Waals surface area contributed by atoms with E-state index in [9.17, 15) is 18.8 Å². The minimum atomic E-state index is -0.807. The number of rotatable bonds is 3. The topological polar surface area (TPSA) is 79.6 Å². The number of nitrogens with zero attached hydrogens (tertiary/aromatic N) is 1. The lowest BCUT2D eigenvalue weighted by Gasteiger charge is -2.15. The maximum atomic E-state index is 14.6. The van der Waals surface area contributed by atoms with Crippen LogP contribution >= 0.6 is 0 Å². The number of carbonyl (C=O) groups excluding carboxylic acids is 3. The van der Waals surface area contributed by atoms with E-state index in [4.69, 9.17) is 4.42 Å². The number of amides is 3. The zero-order valence-electron chi connectivity index (χ0n) is 14.2. The highest BCUT2D eigenvalue weighted by Crippen LogP contribution is 2.31. The van der Waals surface area contributed by atoms with Gasteiger partial charge in [0, 0.05) is 11.3 Å². The number of carbonyl (C=O) groups is 3. The number of hydrogen-bond acceptors (Lipinski definition) is 4. The molecule has 1 aromatic heterocycles. The van der Waals surface area contributed by atoms with Gasteiger partial charge in [0.25, 0.3) is 17.7 Å². The van der Waals surface area contributed by atoms with Crippen molar-refractivity contribution < 1.29 is 23.2 Å². The van der Waals surface area contributed by atoms with Crippen LogP contribution in [0.15, 0.2) is 59.2 Å². The molecule has 134 valence electrons. The fourth-order valence-corrected chi connectivity index (χ4v) is 2.97. The Balaban J connectivity index is 1.62. The number of anilines is 2. The van der Waals surface area contributed by atoms with Gasteiger partial charge in [-0.05, 0) is 43.3 Å². The molecule has 0 atom stereocenters. The fourth-order valence-electron chi connectivity index (χ4n) is 2.97. The number of aryl methyl sites for hydroxylation is 1. The number of furan rings is 1. The molecule has 6 nitrogen and oxygen atoms in total. The smallest absolute Gasteiger partial charge is 0.291 e. The van der Waals surface area contributed by atoms with Gasteiger partial charge in [0.15, 0.2) is 5.76 Å². The lowest BCUT2D eigenvalue weighted by molar-refractivity contribution is 0.0923. The standard InChI is InChI=1S/C20H13FN2O4/c1-11-8-9-27-17(11)18(24)22-12-6-7-16(15(21)10-12)23-19(25)13-4-2-3-5-14(13)20(23)26/h2-10H,1H3,(H,22,24). The van der Waals surface area contributed by atoms with Crippen LogP contribution in [0.1, 0.15) is 36.8 Å². The summed E-state index contributed by atoms with van der Waals surface area (Å²) in [6.45, 7) is 1.71. The fraction of sp³-hybridized carbons (Fsp3) is 0.0500. The predicted octanol–water partition coefficient (Wildman–Crippen LogP) is 3.78. The minimum Gasteiger partial charge on any atom is -0.459 e. The summed E-state index contributed by atoms with van der Waals surface area (Å²) in [5.74, 6) is -2.38. The summed E-state index contributed by atoms with van der Waals surface area (Å²) in [7, 11) is 0. The summed E-state index contributed by atoms with van der Waals surface area (Å²) in [6.07, 6.45) is 1.39. The van der Waals surface area contributed by atoms with Crippen LogP contribution < -0.4 is 10.2 Å². The number of nitrogens with one attached hydrogen (secondary N) is 1. The molecule has 2 heterocycles. The summed E-state index contributed by atoms with van der Waals surface area (Å²) >= 11 is 0. The Bertz CT molecular complexity index is 1070. The maximum Gasteiger partial charge on any atom is 0.291 e. The van der Waals surface area contributed by atoms with E-state index in [0.717, 1.165) is 11.0 Å². The van der Waals surface area contributed by atoms with Gasteiger partial charge in [-0.25, -0.2) is 9.29 Å². The Kier molecular flexibility index (Phi) is 3.84. The Labute approximate surface area is 153 Å². The van der Waals surface area contributed by atoms with Gasteiger partial charge in [0.1, 0.15) is 5.82 Å². The zero-order valence-corrected chi connectivity index (χ0v) is 14.2. The predicted molar refractivity (Wildman–Crippen MR) is 95.4 cm³/mol. The van der Waals surface area contributed by atoms with E-state index >= 15 is 0 Å². The van der Waals surface area contributed by atoms with Gasteiger partial charge < -0.3 is 9.73 Å². The van der Waals surface area contributed by atoms with Gasteiger partial charge in [-0.3, -0.25) is 14.4 Å². The van der Waals surface area contributed by atoms with Crippen molar-refractivity contribution in [3.8, 4) is 0 Å². The van der Waals surface area contributed by atoms with E-state index in [2.05, 4.69) is 5.32 Å². The quantitative estimate of drug-likeness (QED) is 0.718. The Morgan fingerprint density at radius 2 is 1.70 bits per heavy atom. The van der Waals surface area contributed by atoms with Crippen molar-refractivity contribution >= 4 is 29.1 Å². The second-order valence-corrected chi connectivity index (χ2v) is 6.04. The van der Waals surface area contributed by atoms with E-state index in [0.29, 0.717) is 5.56 Å². The number of hydrogen-bond donors (Lipinski definition) is 1. The van der Waals surface area contributed by atoms with Crippen LogP contribution in [0.3, 0.4) is 0 Å². The van der Waals surface area contributed by atoms with Crippen LogP contribution in [-0.2, 0) is 0 Å². The molecule has 3 amide bonds. The molecule has 1 aliphatic rings. The molecule has 1 aliphatic heterocycles. The third-order valence-electron chi connectivity index (χ3n) is 4.31. The van der Waals surface area contributed by atoms with Crippen molar-refractivity contribution in [3.63, 3.8) is 0 Å². The van der Waals surface area contributed by atoms with Crippen molar-refractivity contribution in [1.82, 2.24) is 0 Å². The summed E-state index contributed by atoms with van der Waals surface area (Å²) in [5.41, 5.74) is 1.11. The molecule has 27 heavy (non-hydrogen) atoms. The Morgan fingerprint density at radius 3 is 2.26 bits per heavy atom. The van der Waals surface area contributed by atoms with Crippen LogP contribution in [-0.4, -0.2) is 17.7 Å². The lowest BCUT2D eigenvalue weighted by atomic mass is 10.1. The van der Waals surface area contributed by atoms with Crippen molar-refractivity contribution in [1.29, 1.82) is 0 Å². The van der Waals surface area contributed by atoms with Crippen LogP contribution in [0, 0.1) is 12.7 Å². The third-order valence-corrected chi connectivity index (χ3v) is 4.31. The van der Waals surface area contributed by atoms with Gasteiger partial charge in [-0.1, -0.05) is 12.1 Å². The number of fused-ring (bicyclic) bond motifs is 1. The molecular weight excluding hydrogens is 351 g/mol. The summed E-state index contributed by atoms with van der Waals surface area (Å²) in [6, 6.07) is 11.7. The molecule has 0 radical (unpaired) electrons. The Morgan fingerprint density at radius 1 is 1.04 bits per heavy atom. The molecule has 0 saturated heterocycles. The minimum absolute atomic E-state index is 0.125. The number of benzene rings is 2. The van der Waals surface area contributed by atoms with E-state index in [1.54, 1.807) is 25.1 Å². The molecular formula is C20H13FN2O4. The summed E-state index contributed by atoms with van der Waals surface area (Å²) in [5, 5.41) is 2.52. The summed E-state index contributed by atoms with van der Waals surface area (Å²) < 4.78 is 19.7. The van der Waals surface area contributed by atoms with Gasteiger partial charge >= 0.3 is 0 Å². The molecule has 4 rings (SSSR count). The number of halogens is 1. The van der Waals surface area contributed by atoms with E-state index < -0.39 is 23.5 Å². The van der Waals surface area contributed by atoms with E-state index in [1.807, 2.05) is 0 Å². The molecule has 0 spiro atoms. The average molecular weight is 364 g/mol. The first kappa shape index (κ1) is 16.7. The molecule has 0 aliphatic carbocycles. The van der Waals surface area contributed by atoms with E-state index in [1.165, 1.54) is 30.5 Å². The van der Waals surface area contributed by atoms with Crippen LogP contribution in [0.5, 0.6) is 0 Å². The van der Waals surface area contributed by atoms with E-state index in [-0.39, 0.29) is 28.3 Å². The lowest BCUT2D eigenvalue weighted by Crippen LogP contribution is -2.30. The first-order chi connectivity index (χ1) is 13.0. The molecule has 0 fully saturated rings. The highest BCUT2D eigenvalue weighted by Gasteiger charge is 2.37. The molecule has 0 saturated carbocycles. The van der Waals surface area contributed by atoms with Crippen molar-refractivity contribution in [3.05, 3.63) is 83.1 Å². The first-order valence-electron chi connectivity index (χ1n) is 8.10. The monoisotopic (exact) mass is 364 g/mol. The normalized spacial score (nSPS) is 13.0. The highest BCUT2D eigenvalue weighted by molar-refractivity contribution is 6.34. The second kappa shape index (κ2) is 6.21. The van der Waals surface area contributed by atoms with Crippen molar-refractivity contribution in [2.24, 2.45) is 0 Å². The molecule has 3 aromatic rings. The Hall–Kier alpha value is -3.74. The third kappa shape index (κ3) is 2.69. The van der Waals surface area contributed by atoms with Crippen LogP contribution in [0.4, 0.5) is 15.8 Å². The zero-order chi connectivity index (χ0) is 19.1. The molecule has 0 unspecified atom stereocenters. The molecule has 1 N–H and O–H groups in total. The molecule has 2 aromatic carbocycles. The molecule has 0 bridgehead atoms. The van der Waals surface area contributed by atoms with Crippen LogP contribution in [0.25, 0.3) is 0 Å². The van der Waals surface area contributed by atoms with Crippen molar-refractivity contribution in [2.75, 3.05) is 10.2 Å².